The molecule has 1 aliphatic heterocycles. The minimum Gasteiger partial charge on any atom is -0.333 e. The van der Waals surface area contributed by atoms with Gasteiger partial charge < -0.3 is 14.8 Å². The zero-order valence-electron chi connectivity index (χ0n) is 20.1. The lowest BCUT2D eigenvalue weighted by Crippen LogP contribution is -2.56. The van der Waals surface area contributed by atoms with Gasteiger partial charge in [-0.2, -0.15) is 5.26 Å². The topological polar surface area (TPSA) is 77.2 Å². The van der Waals surface area contributed by atoms with Gasteiger partial charge in [0.05, 0.1) is 23.7 Å². The lowest BCUT2D eigenvalue weighted by atomic mass is 9.82. The number of amides is 2. The lowest BCUT2D eigenvalue weighted by Gasteiger charge is -2.38. The number of rotatable bonds is 6. The van der Waals surface area contributed by atoms with E-state index in [1.165, 1.54) is 0 Å². The molecule has 1 N–H and O–H groups in total. The van der Waals surface area contributed by atoms with E-state index in [1.54, 1.807) is 0 Å². The van der Waals surface area contributed by atoms with Gasteiger partial charge in [-0.05, 0) is 43.4 Å². The number of aromatic nitrogens is 2. The zero-order chi connectivity index (χ0) is 23.4. The molecule has 0 saturated carbocycles. The van der Waals surface area contributed by atoms with Crippen molar-refractivity contribution in [3.63, 3.8) is 0 Å². The molecule has 7 nitrogen and oxygen atoms in total. The summed E-state index contributed by atoms with van der Waals surface area (Å²) >= 11 is 0. The Balaban J connectivity index is 1.51. The average molecular weight is 437 g/mol. The summed E-state index contributed by atoms with van der Waals surface area (Å²) < 4.78 is 2.15. The lowest BCUT2D eigenvalue weighted by molar-refractivity contribution is 0.125. The van der Waals surface area contributed by atoms with Gasteiger partial charge >= 0.3 is 6.03 Å². The van der Waals surface area contributed by atoms with Crippen LogP contribution in [0.5, 0.6) is 0 Å². The summed E-state index contributed by atoms with van der Waals surface area (Å²) in [6.07, 6.45) is 4.70. The highest BCUT2D eigenvalue weighted by Crippen LogP contribution is 2.27. The van der Waals surface area contributed by atoms with Crippen molar-refractivity contribution in [2.45, 2.75) is 59.7 Å². The van der Waals surface area contributed by atoms with Crippen LogP contribution in [0.2, 0.25) is 0 Å². The summed E-state index contributed by atoms with van der Waals surface area (Å²) in [4.78, 5) is 21.4. The fourth-order valence-electron chi connectivity index (χ4n) is 4.58. The van der Waals surface area contributed by atoms with E-state index in [0.717, 1.165) is 56.9 Å². The number of hydrogen-bond acceptors (Lipinski definition) is 4. The predicted molar refractivity (Wildman–Crippen MR) is 126 cm³/mol. The minimum atomic E-state index is -0.232. The summed E-state index contributed by atoms with van der Waals surface area (Å²) in [5, 5.41) is 12.2. The quantitative estimate of drug-likeness (QED) is 0.746. The maximum absolute atomic E-state index is 12.8. The molecule has 0 atom stereocenters. The molecular formula is C25H36N6O. The molecule has 7 heteroatoms. The summed E-state index contributed by atoms with van der Waals surface area (Å²) in [7, 11) is 0. The number of carbonyl (C=O) groups excluding carboxylic acids is 1. The molecule has 32 heavy (non-hydrogen) atoms. The number of urea groups is 1. The molecule has 0 unspecified atom stereocenters. The first-order valence-electron chi connectivity index (χ1n) is 11.3. The highest BCUT2D eigenvalue weighted by atomic mass is 16.2. The van der Waals surface area contributed by atoms with Crippen LogP contribution in [0.4, 0.5) is 4.79 Å². The molecular weight excluding hydrogens is 400 g/mol. The van der Waals surface area contributed by atoms with Crippen LogP contribution in [0.1, 0.15) is 57.9 Å². The number of nitriles is 1. The van der Waals surface area contributed by atoms with Crippen molar-refractivity contribution >= 4 is 6.03 Å². The number of imidazole rings is 1. The van der Waals surface area contributed by atoms with Crippen LogP contribution in [-0.4, -0.2) is 57.1 Å². The molecule has 2 aromatic rings. The van der Waals surface area contributed by atoms with Crippen molar-refractivity contribution in [1.29, 1.82) is 5.26 Å². The minimum absolute atomic E-state index is 0.0322. The highest BCUT2D eigenvalue weighted by Gasteiger charge is 2.30. The first-order valence-corrected chi connectivity index (χ1v) is 11.3. The number of nitrogens with one attached hydrogen (secondary N) is 1. The van der Waals surface area contributed by atoms with E-state index in [2.05, 4.69) is 60.5 Å². The van der Waals surface area contributed by atoms with Gasteiger partial charge in [-0.25, -0.2) is 9.78 Å². The number of piperazine rings is 1. The van der Waals surface area contributed by atoms with E-state index in [9.17, 15) is 4.79 Å². The molecule has 172 valence electrons. The molecule has 0 radical (unpaired) electrons. The summed E-state index contributed by atoms with van der Waals surface area (Å²) in [6, 6.07) is 9.85. The van der Waals surface area contributed by atoms with E-state index < -0.39 is 0 Å². The van der Waals surface area contributed by atoms with Crippen molar-refractivity contribution in [3.05, 3.63) is 53.6 Å². The zero-order valence-corrected chi connectivity index (χ0v) is 20.1. The number of carbonyl (C=O) groups is 1. The average Bonchev–Trinajstić information content (AvgIpc) is 3.13. The first-order chi connectivity index (χ1) is 15.0. The predicted octanol–water partition coefficient (Wildman–Crippen LogP) is 3.85. The Morgan fingerprint density at radius 1 is 1.06 bits per heavy atom. The normalized spacial score (nSPS) is 15.4. The Morgan fingerprint density at radius 3 is 2.31 bits per heavy atom. The monoisotopic (exact) mass is 436 g/mol. The number of hydrogen-bond donors (Lipinski definition) is 1. The fraction of sp³-hybridized carbons (Fsp3) is 0.560. The molecule has 1 aliphatic rings. The molecule has 1 aromatic heterocycles. The molecule has 0 bridgehead atoms. The maximum Gasteiger partial charge on any atom is 0.317 e. The number of nitrogens with zero attached hydrogens (tertiary/aromatic N) is 5. The van der Waals surface area contributed by atoms with Crippen molar-refractivity contribution in [2.75, 3.05) is 26.2 Å². The van der Waals surface area contributed by atoms with Crippen molar-refractivity contribution < 1.29 is 4.79 Å². The van der Waals surface area contributed by atoms with E-state index in [-0.39, 0.29) is 17.0 Å². The van der Waals surface area contributed by atoms with Gasteiger partial charge in [0.25, 0.3) is 0 Å². The van der Waals surface area contributed by atoms with Crippen LogP contribution in [0.15, 0.2) is 36.8 Å². The standard InChI is InChI=1S/C25H36N6O/c1-24(2,3)18-25(4,5)28-23(32)30-12-10-29(11-13-30)17-22-15-27-19-31(22)16-21-8-6-20(14-26)7-9-21/h6-9,15,19H,10-13,16-18H2,1-5H3,(H,28,32). The van der Waals surface area contributed by atoms with Crippen molar-refractivity contribution in [1.82, 2.24) is 24.7 Å². The Kier molecular flexibility index (Phi) is 7.25. The Bertz CT molecular complexity index is 940. The Morgan fingerprint density at radius 2 is 1.72 bits per heavy atom. The van der Waals surface area contributed by atoms with Crippen LogP contribution in [-0.2, 0) is 13.1 Å². The molecule has 1 aromatic carbocycles. The second kappa shape index (κ2) is 9.74. The molecule has 3 rings (SSSR count). The van der Waals surface area contributed by atoms with Crippen LogP contribution >= 0.6 is 0 Å². The molecule has 2 heterocycles. The van der Waals surface area contributed by atoms with Crippen molar-refractivity contribution in [3.8, 4) is 6.07 Å². The van der Waals surface area contributed by atoms with Crippen LogP contribution in [0.3, 0.4) is 0 Å². The van der Waals surface area contributed by atoms with Gasteiger partial charge in [0.15, 0.2) is 0 Å². The third-order valence-corrected chi connectivity index (χ3v) is 5.70. The molecule has 2 amide bonds. The number of benzene rings is 1. The van der Waals surface area contributed by atoms with Gasteiger partial charge in [0, 0.05) is 51.0 Å². The Hall–Kier alpha value is -2.85. The fourth-order valence-corrected chi connectivity index (χ4v) is 4.58. The van der Waals surface area contributed by atoms with Crippen LogP contribution in [0, 0.1) is 16.7 Å². The first kappa shape index (κ1) is 23.8. The van der Waals surface area contributed by atoms with Gasteiger partial charge in [0.1, 0.15) is 0 Å². The van der Waals surface area contributed by atoms with Gasteiger partial charge in [-0.3, -0.25) is 4.90 Å². The van der Waals surface area contributed by atoms with Gasteiger partial charge in [0.2, 0.25) is 0 Å². The SMILES string of the molecule is CC(C)(C)CC(C)(C)NC(=O)N1CCN(Cc2cncn2Cc2ccc(C#N)cc2)CC1. The molecule has 1 saturated heterocycles. The van der Waals surface area contributed by atoms with Crippen LogP contribution in [0.25, 0.3) is 0 Å². The van der Waals surface area contributed by atoms with E-state index in [1.807, 2.05) is 41.7 Å². The maximum atomic E-state index is 12.8. The van der Waals surface area contributed by atoms with E-state index in [4.69, 9.17) is 5.26 Å². The van der Waals surface area contributed by atoms with Crippen LogP contribution < -0.4 is 5.32 Å². The smallest absolute Gasteiger partial charge is 0.317 e. The van der Waals surface area contributed by atoms with Crippen molar-refractivity contribution in [2.24, 2.45) is 5.41 Å². The highest BCUT2D eigenvalue weighted by molar-refractivity contribution is 5.75. The summed E-state index contributed by atoms with van der Waals surface area (Å²) in [5.74, 6) is 0. The van der Waals surface area contributed by atoms with Gasteiger partial charge in [-0.15, -0.1) is 0 Å². The van der Waals surface area contributed by atoms with E-state index in [0.29, 0.717) is 5.56 Å². The third kappa shape index (κ3) is 6.83. The second-order valence-electron chi connectivity index (χ2n) is 10.6. The van der Waals surface area contributed by atoms with E-state index >= 15 is 0 Å². The third-order valence-electron chi connectivity index (χ3n) is 5.70. The largest absolute Gasteiger partial charge is 0.333 e. The molecule has 0 aliphatic carbocycles. The molecule has 0 spiro atoms. The van der Waals surface area contributed by atoms with Gasteiger partial charge in [-0.1, -0.05) is 32.9 Å². The molecule has 1 fully saturated rings. The summed E-state index contributed by atoms with van der Waals surface area (Å²) in [5.41, 5.74) is 2.89. The summed E-state index contributed by atoms with van der Waals surface area (Å²) in [6.45, 7) is 15.5. The second-order valence-corrected chi connectivity index (χ2v) is 10.6. The Labute approximate surface area is 192 Å².